The molecule has 116 valence electrons. The number of hydrogen-bond acceptors (Lipinski definition) is 2. The highest BCUT2D eigenvalue weighted by molar-refractivity contribution is 5.77. The Hall–Kier alpha value is -1.49. The largest absolute Gasteiger partial charge is 0.338 e. The summed E-state index contributed by atoms with van der Waals surface area (Å²) in [4.78, 5) is 14.1. The minimum atomic E-state index is -0.481. The number of hydrogen-bond donors (Lipinski definition) is 1. The Morgan fingerprint density at radius 1 is 1.43 bits per heavy atom. The van der Waals surface area contributed by atoms with Gasteiger partial charge in [0.25, 0.3) is 0 Å². The van der Waals surface area contributed by atoms with E-state index in [0.29, 0.717) is 19.0 Å². The van der Waals surface area contributed by atoms with Crippen molar-refractivity contribution in [1.29, 1.82) is 0 Å². The van der Waals surface area contributed by atoms with Gasteiger partial charge >= 0.3 is 0 Å². The van der Waals surface area contributed by atoms with Crippen molar-refractivity contribution in [2.45, 2.75) is 38.6 Å². The van der Waals surface area contributed by atoms with Crippen LogP contribution in [0.2, 0.25) is 0 Å². The third-order valence-electron chi connectivity index (χ3n) is 4.29. The summed E-state index contributed by atoms with van der Waals surface area (Å²) in [7, 11) is 0. The lowest BCUT2D eigenvalue weighted by molar-refractivity contribution is -0.136. The molecular formula is C16H22F2N2O. The van der Waals surface area contributed by atoms with E-state index in [4.69, 9.17) is 5.73 Å². The van der Waals surface area contributed by atoms with Crippen LogP contribution in [0, 0.1) is 17.6 Å². The summed E-state index contributed by atoms with van der Waals surface area (Å²) in [5, 5.41) is 0. The molecule has 5 heteroatoms. The van der Waals surface area contributed by atoms with Crippen molar-refractivity contribution in [3.05, 3.63) is 35.4 Å². The summed E-state index contributed by atoms with van der Waals surface area (Å²) in [6.07, 6.45) is 2.44. The molecule has 1 heterocycles. The normalized spacial score (nSPS) is 22.4. The summed E-state index contributed by atoms with van der Waals surface area (Å²) in [5.41, 5.74) is 6.02. The Morgan fingerprint density at radius 2 is 2.19 bits per heavy atom. The van der Waals surface area contributed by atoms with E-state index in [2.05, 4.69) is 6.92 Å². The molecule has 2 N–H and O–H groups in total. The SMILES string of the molecule is C[C@@H]1CCCN(C(=O)CCc2cc(F)ccc2F)[C@@H]1CN. The average Bonchev–Trinajstić information content (AvgIpc) is 2.47. The predicted octanol–water partition coefficient (Wildman–Crippen LogP) is 2.48. The van der Waals surface area contributed by atoms with Crippen molar-refractivity contribution >= 4 is 5.91 Å². The first kappa shape index (κ1) is 15.9. The Labute approximate surface area is 124 Å². The maximum atomic E-state index is 13.6. The standard InChI is InChI=1S/C16H22F2N2O/c1-11-3-2-8-20(15(11)10-19)16(21)7-4-12-9-13(17)5-6-14(12)18/h5-6,9,11,15H,2-4,7-8,10,19H2,1H3/t11-,15-/m1/s1. The van der Waals surface area contributed by atoms with Crippen molar-refractivity contribution in [2.75, 3.05) is 13.1 Å². The van der Waals surface area contributed by atoms with Crippen LogP contribution in [0.25, 0.3) is 0 Å². The lowest BCUT2D eigenvalue weighted by atomic mass is 9.90. The Balaban J connectivity index is 1.99. The van der Waals surface area contributed by atoms with Crippen LogP contribution in [-0.4, -0.2) is 29.9 Å². The van der Waals surface area contributed by atoms with Gasteiger partial charge in [0.2, 0.25) is 5.91 Å². The van der Waals surface area contributed by atoms with E-state index in [1.807, 2.05) is 4.90 Å². The summed E-state index contributed by atoms with van der Waals surface area (Å²) in [5.74, 6) is -0.587. The first-order chi connectivity index (χ1) is 10.0. The van der Waals surface area contributed by atoms with Crippen molar-refractivity contribution in [2.24, 2.45) is 11.7 Å². The average molecular weight is 296 g/mol. The number of halogens is 2. The molecule has 0 saturated carbocycles. The topological polar surface area (TPSA) is 46.3 Å². The van der Waals surface area contributed by atoms with E-state index in [-0.39, 0.29) is 30.4 Å². The molecule has 0 aliphatic carbocycles. The molecule has 0 bridgehead atoms. The second-order valence-electron chi connectivity index (χ2n) is 5.75. The number of likely N-dealkylation sites (tertiary alicyclic amines) is 1. The van der Waals surface area contributed by atoms with Gasteiger partial charge in [-0.25, -0.2) is 8.78 Å². The number of amides is 1. The van der Waals surface area contributed by atoms with Crippen LogP contribution in [0.15, 0.2) is 18.2 Å². The zero-order chi connectivity index (χ0) is 15.4. The Kier molecular flexibility index (Phi) is 5.28. The van der Waals surface area contributed by atoms with Gasteiger partial charge in [0.1, 0.15) is 11.6 Å². The number of piperidine rings is 1. The minimum absolute atomic E-state index is 0.0272. The van der Waals surface area contributed by atoms with Gasteiger partial charge in [0.05, 0.1) is 0 Å². The summed E-state index contributed by atoms with van der Waals surface area (Å²) < 4.78 is 26.7. The van der Waals surface area contributed by atoms with Crippen LogP contribution in [0.4, 0.5) is 8.78 Å². The summed E-state index contributed by atoms with van der Waals surface area (Å²) in [6.45, 7) is 3.25. The Bertz CT molecular complexity index is 507. The van der Waals surface area contributed by atoms with Crippen molar-refractivity contribution in [3.63, 3.8) is 0 Å². The molecule has 2 rings (SSSR count). The zero-order valence-electron chi connectivity index (χ0n) is 12.3. The van der Waals surface area contributed by atoms with E-state index in [9.17, 15) is 13.6 Å². The summed E-state index contributed by atoms with van der Waals surface area (Å²) >= 11 is 0. The highest BCUT2D eigenvalue weighted by Gasteiger charge is 2.30. The number of carbonyl (C=O) groups is 1. The number of carbonyl (C=O) groups excluding carboxylic acids is 1. The second-order valence-corrected chi connectivity index (χ2v) is 5.75. The number of nitrogens with zero attached hydrogens (tertiary/aromatic N) is 1. The number of nitrogens with two attached hydrogens (primary N) is 1. The van der Waals surface area contributed by atoms with Gasteiger partial charge in [-0.15, -0.1) is 0 Å². The lowest BCUT2D eigenvalue weighted by Gasteiger charge is -2.39. The van der Waals surface area contributed by atoms with E-state index in [1.54, 1.807) is 0 Å². The molecule has 1 aliphatic rings. The third kappa shape index (κ3) is 3.79. The van der Waals surface area contributed by atoms with Gasteiger partial charge in [-0.3, -0.25) is 4.79 Å². The van der Waals surface area contributed by atoms with Crippen molar-refractivity contribution in [1.82, 2.24) is 4.90 Å². The fraction of sp³-hybridized carbons (Fsp3) is 0.562. The third-order valence-corrected chi connectivity index (χ3v) is 4.29. The van der Waals surface area contributed by atoms with Crippen LogP contribution in [0.3, 0.4) is 0 Å². The molecule has 0 unspecified atom stereocenters. The molecule has 1 fully saturated rings. The quantitative estimate of drug-likeness (QED) is 0.928. The van der Waals surface area contributed by atoms with Crippen LogP contribution >= 0.6 is 0 Å². The fourth-order valence-electron chi connectivity index (χ4n) is 3.04. The van der Waals surface area contributed by atoms with Gasteiger partial charge in [0.15, 0.2) is 0 Å². The zero-order valence-corrected chi connectivity index (χ0v) is 12.3. The minimum Gasteiger partial charge on any atom is -0.338 e. The highest BCUT2D eigenvalue weighted by atomic mass is 19.1. The monoisotopic (exact) mass is 296 g/mol. The Morgan fingerprint density at radius 3 is 2.90 bits per heavy atom. The van der Waals surface area contributed by atoms with E-state index >= 15 is 0 Å². The molecular weight excluding hydrogens is 274 g/mol. The molecule has 1 saturated heterocycles. The molecule has 2 atom stereocenters. The molecule has 21 heavy (non-hydrogen) atoms. The molecule has 1 aromatic carbocycles. The molecule has 0 radical (unpaired) electrons. The first-order valence-corrected chi connectivity index (χ1v) is 7.46. The van der Waals surface area contributed by atoms with E-state index in [0.717, 1.165) is 31.0 Å². The van der Waals surface area contributed by atoms with Gasteiger partial charge < -0.3 is 10.6 Å². The molecule has 1 amide bonds. The number of aryl methyl sites for hydroxylation is 1. The van der Waals surface area contributed by atoms with Crippen LogP contribution < -0.4 is 5.73 Å². The van der Waals surface area contributed by atoms with Gasteiger partial charge in [-0.2, -0.15) is 0 Å². The molecule has 0 spiro atoms. The first-order valence-electron chi connectivity index (χ1n) is 7.46. The van der Waals surface area contributed by atoms with Crippen LogP contribution in [0.5, 0.6) is 0 Å². The predicted molar refractivity (Wildman–Crippen MR) is 77.6 cm³/mol. The smallest absolute Gasteiger partial charge is 0.223 e. The number of rotatable bonds is 4. The molecule has 0 aromatic heterocycles. The van der Waals surface area contributed by atoms with Crippen molar-refractivity contribution < 1.29 is 13.6 Å². The van der Waals surface area contributed by atoms with Crippen LogP contribution in [-0.2, 0) is 11.2 Å². The summed E-state index contributed by atoms with van der Waals surface area (Å²) in [6, 6.07) is 3.39. The van der Waals surface area contributed by atoms with Gasteiger partial charge in [-0.05, 0) is 48.9 Å². The second kappa shape index (κ2) is 6.98. The highest BCUT2D eigenvalue weighted by Crippen LogP contribution is 2.23. The van der Waals surface area contributed by atoms with E-state index < -0.39 is 11.6 Å². The molecule has 1 aliphatic heterocycles. The van der Waals surface area contributed by atoms with E-state index in [1.165, 1.54) is 0 Å². The fourth-order valence-corrected chi connectivity index (χ4v) is 3.04. The maximum absolute atomic E-state index is 13.6. The lowest BCUT2D eigenvalue weighted by Crippen LogP contribution is -2.51. The molecule has 1 aromatic rings. The maximum Gasteiger partial charge on any atom is 0.223 e. The molecule has 3 nitrogen and oxygen atoms in total. The number of benzene rings is 1. The van der Waals surface area contributed by atoms with Gasteiger partial charge in [0, 0.05) is 25.6 Å². The van der Waals surface area contributed by atoms with Crippen LogP contribution in [0.1, 0.15) is 31.7 Å². The van der Waals surface area contributed by atoms with Crippen molar-refractivity contribution in [3.8, 4) is 0 Å². The van der Waals surface area contributed by atoms with Gasteiger partial charge in [-0.1, -0.05) is 6.92 Å².